The Kier molecular flexibility index (Phi) is 4.61. The van der Waals surface area contributed by atoms with Crippen LogP contribution in [0.1, 0.15) is 36.0 Å². The lowest BCUT2D eigenvalue weighted by molar-refractivity contribution is -0.117. The van der Waals surface area contributed by atoms with Gasteiger partial charge < -0.3 is 15.5 Å². The van der Waals surface area contributed by atoms with Crippen molar-refractivity contribution in [1.29, 1.82) is 0 Å². The zero-order valence-corrected chi connectivity index (χ0v) is 14.7. The third-order valence-electron chi connectivity index (χ3n) is 4.94. The van der Waals surface area contributed by atoms with Gasteiger partial charge in [-0.05, 0) is 56.0 Å². The van der Waals surface area contributed by atoms with Gasteiger partial charge in [-0.2, -0.15) is 0 Å². The highest BCUT2D eigenvalue weighted by Gasteiger charge is 2.29. The molecule has 1 heterocycles. The Morgan fingerprint density at radius 1 is 0.923 bits per heavy atom. The predicted molar refractivity (Wildman–Crippen MR) is 104 cm³/mol. The first-order chi connectivity index (χ1) is 12.7. The van der Waals surface area contributed by atoms with E-state index >= 15 is 0 Å². The van der Waals surface area contributed by atoms with E-state index in [1.165, 1.54) is 12.8 Å². The van der Waals surface area contributed by atoms with Crippen LogP contribution in [0.3, 0.4) is 0 Å². The molecule has 0 bridgehead atoms. The zero-order chi connectivity index (χ0) is 17.9. The first-order valence-corrected chi connectivity index (χ1v) is 9.27. The lowest BCUT2D eigenvalue weighted by Gasteiger charge is -2.21. The molecular weight excluding hydrogens is 326 g/mol. The van der Waals surface area contributed by atoms with Gasteiger partial charge in [0.1, 0.15) is 0 Å². The Balaban J connectivity index is 1.49. The van der Waals surface area contributed by atoms with Gasteiger partial charge in [0.25, 0.3) is 5.91 Å². The third kappa shape index (κ3) is 3.72. The van der Waals surface area contributed by atoms with Crippen LogP contribution in [0.2, 0.25) is 0 Å². The molecule has 2 N–H and O–H groups in total. The van der Waals surface area contributed by atoms with Crippen molar-refractivity contribution in [2.45, 2.75) is 25.7 Å². The standard InChI is InChI=1S/C21H23N3O2/c25-20(15-10-11-15)22-17-7-5-6-16(14-17)21(26)23-18-8-1-2-9-19(18)24-12-3-4-13-24/h1-2,5-9,14-15H,3-4,10-13H2,(H,22,25)(H,23,26). The van der Waals surface area contributed by atoms with E-state index in [-0.39, 0.29) is 17.7 Å². The van der Waals surface area contributed by atoms with E-state index in [9.17, 15) is 9.59 Å². The maximum absolute atomic E-state index is 12.7. The third-order valence-corrected chi connectivity index (χ3v) is 4.94. The van der Waals surface area contributed by atoms with Crippen LogP contribution in [0, 0.1) is 5.92 Å². The number of hydrogen-bond donors (Lipinski definition) is 2. The van der Waals surface area contributed by atoms with E-state index in [1.807, 2.05) is 30.3 Å². The number of carbonyl (C=O) groups excluding carboxylic acids is 2. The van der Waals surface area contributed by atoms with Gasteiger partial charge in [0, 0.05) is 30.3 Å². The number of amides is 2. The summed E-state index contributed by atoms with van der Waals surface area (Å²) in [6, 6.07) is 15.0. The number of nitrogens with one attached hydrogen (secondary N) is 2. The van der Waals surface area contributed by atoms with Crippen LogP contribution in [-0.2, 0) is 4.79 Å². The van der Waals surface area contributed by atoms with Crippen molar-refractivity contribution in [2.75, 3.05) is 28.6 Å². The number of rotatable bonds is 5. The molecule has 1 aliphatic carbocycles. The second kappa shape index (κ2) is 7.20. The van der Waals surface area contributed by atoms with Crippen molar-refractivity contribution in [3.05, 3.63) is 54.1 Å². The fourth-order valence-electron chi connectivity index (χ4n) is 3.34. The van der Waals surface area contributed by atoms with Crippen molar-refractivity contribution in [3.63, 3.8) is 0 Å². The number of nitrogens with zero attached hydrogens (tertiary/aromatic N) is 1. The van der Waals surface area contributed by atoms with Crippen molar-refractivity contribution >= 4 is 28.9 Å². The Bertz CT molecular complexity index is 824. The molecule has 2 fully saturated rings. The van der Waals surface area contributed by atoms with Crippen LogP contribution in [0.15, 0.2) is 48.5 Å². The fraction of sp³-hybridized carbons (Fsp3) is 0.333. The highest BCUT2D eigenvalue weighted by atomic mass is 16.2. The van der Waals surface area contributed by atoms with Gasteiger partial charge in [-0.25, -0.2) is 0 Å². The maximum atomic E-state index is 12.7. The predicted octanol–water partition coefficient (Wildman–Crippen LogP) is 3.89. The van der Waals surface area contributed by atoms with Gasteiger partial charge in [-0.1, -0.05) is 18.2 Å². The average molecular weight is 349 g/mol. The van der Waals surface area contributed by atoms with E-state index in [0.717, 1.165) is 37.3 Å². The monoisotopic (exact) mass is 349 g/mol. The summed E-state index contributed by atoms with van der Waals surface area (Å²) < 4.78 is 0. The largest absolute Gasteiger partial charge is 0.370 e. The Hall–Kier alpha value is -2.82. The van der Waals surface area contributed by atoms with E-state index < -0.39 is 0 Å². The molecule has 134 valence electrons. The summed E-state index contributed by atoms with van der Waals surface area (Å²) in [5.74, 6) is 0.0147. The first kappa shape index (κ1) is 16.6. The average Bonchev–Trinajstić information content (AvgIpc) is 3.38. The normalized spacial score (nSPS) is 16.4. The van der Waals surface area contributed by atoms with Gasteiger partial charge in [0.2, 0.25) is 5.91 Å². The molecular formula is C21H23N3O2. The molecule has 26 heavy (non-hydrogen) atoms. The van der Waals surface area contributed by atoms with Crippen molar-refractivity contribution < 1.29 is 9.59 Å². The Morgan fingerprint density at radius 3 is 2.46 bits per heavy atom. The molecule has 2 amide bonds. The van der Waals surface area contributed by atoms with Crippen LogP contribution < -0.4 is 15.5 Å². The lowest BCUT2D eigenvalue weighted by Crippen LogP contribution is -2.21. The van der Waals surface area contributed by atoms with Gasteiger partial charge in [-0.15, -0.1) is 0 Å². The second-order valence-electron chi connectivity index (χ2n) is 7.01. The molecule has 0 radical (unpaired) electrons. The summed E-state index contributed by atoms with van der Waals surface area (Å²) in [5.41, 5.74) is 3.10. The molecule has 2 aromatic rings. The molecule has 4 rings (SSSR count). The quantitative estimate of drug-likeness (QED) is 0.861. The summed E-state index contributed by atoms with van der Waals surface area (Å²) in [5, 5.41) is 5.92. The van der Waals surface area contributed by atoms with Crippen LogP contribution in [0.4, 0.5) is 17.1 Å². The van der Waals surface area contributed by atoms with Gasteiger partial charge >= 0.3 is 0 Å². The van der Waals surface area contributed by atoms with Crippen molar-refractivity contribution in [2.24, 2.45) is 5.92 Å². The molecule has 5 heteroatoms. The summed E-state index contributed by atoms with van der Waals surface area (Å²) in [6.45, 7) is 2.05. The second-order valence-corrected chi connectivity index (χ2v) is 7.01. The fourth-order valence-corrected chi connectivity index (χ4v) is 3.34. The van der Waals surface area contributed by atoms with E-state index in [1.54, 1.807) is 18.2 Å². The Morgan fingerprint density at radius 2 is 1.69 bits per heavy atom. The highest BCUT2D eigenvalue weighted by Crippen LogP contribution is 2.31. The molecule has 0 atom stereocenters. The SMILES string of the molecule is O=C(Nc1ccccc1N1CCCC1)c1cccc(NC(=O)C2CC2)c1. The van der Waals surface area contributed by atoms with Crippen LogP contribution in [-0.4, -0.2) is 24.9 Å². The molecule has 5 nitrogen and oxygen atoms in total. The van der Waals surface area contributed by atoms with Crippen molar-refractivity contribution in [3.8, 4) is 0 Å². The van der Waals surface area contributed by atoms with Crippen molar-refractivity contribution in [1.82, 2.24) is 0 Å². The smallest absolute Gasteiger partial charge is 0.255 e. The summed E-state index contributed by atoms with van der Waals surface area (Å²) in [6.07, 6.45) is 4.29. The number of anilines is 3. The van der Waals surface area contributed by atoms with Gasteiger partial charge in [-0.3, -0.25) is 9.59 Å². The molecule has 1 saturated carbocycles. The van der Waals surface area contributed by atoms with Crippen LogP contribution >= 0.6 is 0 Å². The molecule has 0 unspecified atom stereocenters. The number of benzene rings is 2. The topological polar surface area (TPSA) is 61.4 Å². The minimum atomic E-state index is -0.167. The molecule has 2 aromatic carbocycles. The molecule has 1 saturated heterocycles. The maximum Gasteiger partial charge on any atom is 0.255 e. The summed E-state index contributed by atoms with van der Waals surface area (Å²) in [7, 11) is 0. The number of para-hydroxylation sites is 2. The minimum absolute atomic E-state index is 0.0435. The molecule has 2 aliphatic rings. The molecule has 1 aliphatic heterocycles. The first-order valence-electron chi connectivity index (χ1n) is 9.27. The van der Waals surface area contributed by atoms with Gasteiger partial charge in [0.05, 0.1) is 11.4 Å². The molecule has 0 aromatic heterocycles. The zero-order valence-electron chi connectivity index (χ0n) is 14.7. The van der Waals surface area contributed by atoms with Crippen LogP contribution in [0.5, 0.6) is 0 Å². The number of carbonyl (C=O) groups is 2. The lowest BCUT2D eigenvalue weighted by atomic mass is 10.1. The highest BCUT2D eigenvalue weighted by molar-refractivity contribution is 6.07. The van der Waals surface area contributed by atoms with Crippen LogP contribution in [0.25, 0.3) is 0 Å². The van der Waals surface area contributed by atoms with E-state index in [0.29, 0.717) is 11.3 Å². The Labute approximate surface area is 153 Å². The van der Waals surface area contributed by atoms with Gasteiger partial charge in [0.15, 0.2) is 0 Å². The minimum Gasteiger partial charge on any atom is -0.370 e. The molecule has 0 spiro atoms. The van der Waals surface area contributed by atoms with E-state index in [2.05, 4.69) is 15.5 Å². The number of hydrogen-bond acceptors (Lipinski definition) is 3. The van der Waals surface area contributed by atoms with E-state index in [4.69, 9.17) is 0 Å². The summed E-state index contributed by atoms with van der Waals surface area (Å²) in [4.78, 5) is 27.0. The summed E-state index contributed by atoms with van der Waals surface area (Å²) >= 11 is 0.